The average molecular weight is 252 g/mol. The molecule has 98 valence electrons. The fraction of sp³-hybridized carbons (Fsp3) is 0.538. The number of nitrogens with zero attached hydrogens (tertiary/aromatic N) is 2. The van der Waals surface area contributed by atoms with Crippen LogP contribution in [0.4, 0.5) is 10.2 Å². The van der Waals surface area contributed by atoms with Crippen LogP contribution in [0.15, 0.2) is 18.3 Å². The van der Waals surface area contributed by atoms with E-state index in [-0.39, 0.29) is 5.97 Å². The number of pyridine rings is 1. The number of carbonyl (C=O) groups is 1. The van der Waals surface area contributed by atoms with E-state index in [1.807, 2.05) is 4.90 Å². The lowest BCUT2D eigenvalue weighted by atomic mass is 10.1. The van der Waals surface area contributed by atoms with Crippen molar-refractivity contribution in [2.45, 2.75) is 25.9 Å². The lowest BCUT2D eigenvalue weighted by molar-refractivity contribution is 0.0526. The first-order valence-electron chi connectivity index (χ1n) is 6.09. The molecule has 1 aromatic heterocycles. The molecule has 0 saturated carbocycles. The molecule has 5 heteroatoms. The highest BCUT2D eigenvalue weighted by molar-refractivity contribution is 5.89. The molecule has 0 N–H and O–H groups in total. The van der Waals surface area contributed by atoms with E-state index in [9.17, 15) is 9.18 Å². The standard InChI is InChI=1S/C13H17FN2O2/c1-3-18-12(17)10-4-5-11(15-8-10)16-7-6-13(2,14)9-16/h4-5,8H,3,6-7,9H2,1-2H3. The number of esters is 1. The molecule has 1 fully saturated rings. The summed E-state index contributed by atoms with van der Waals surface area (Å²) in [5.41, 5.74) is -0.732. The van der Waals surface area contributed by atoms with Crippen LogP contribution in [0.2, 0.25) is 0 Å². The lowest BCUT2D eigenvalue weighted by Gasteiger charge is -2.18. The van der Waals surface area contributed by atoms with Crippen LogP contribution in [0.25, 0.3) is 0 Å². The molecule has 0 radical (unpaired) electrons. The molecule has 1 saturated heterocycles. The molecular formula is C13H17FN2O2. The van der Waals surface area contributed by atoms with Crippen LogP contribution in [0.1, 0.15) is 30.6 Å². The maximum atomic E-state index is 13.7. The fourth-order valence-corrected chi connectivity index (χ4v) is 2.03. The third-order valence-corrected chi connectivity index (χ3v) is 3.01. The monoisotopic (exact) mass is 252 g/mol. The molecule has 18 heavy (non-hydrogen) atoms. The number of rotatable bonds is 3. The normalized spacial score (nSPS) is 23.2. The van der Waals surface area contributed by atoms with Crippen LogP contribution in [-0.2, 0) is 4.74 Å². The highest BCUT2D eigenvalue weighted by Crippen LogP contribution is 2.28. The number of alkyl halides is 1. The van der Waals surface area contributed by atoms with Crippen LogP contribution < -0.4 is 4.90 Å². The molecule has 0 aromatic carbocycles. The summed E-state index contributed by atoms with van der Waals surface area (Å²) < 4.78 is 18.6. The Morgan fingerprint density at radius 2 is 2.39 bits per heavy atom. The van der Waals surface area contributed by atoms with Gasteiger partial charge in [0, 0.05) is 19.2 Å². The van der Waals surface area contributed by atoms with Gasteiger partial charge in [-0.1, -0.05) is 0 Å². The van der Waals surface area contributed by atoms with Crippen molar-refractivity contribution in [1.29, 1.82) is 0 Å². The summed E-state index contributed by atoms with van der Waals surface area (Å²) in [4.78, 5) is 17.5. The van der Waals surface area contributed by atoms with E-state index >= 15 is 0 Å². The highest BCUT2D eigenvalue weighted by Gasteiger charge is 2.34. The first-order valence-corrected chi connectivity index (χ1v) is 6.09. The van der Waals surface area contributed by atoms with E-state index in [2.05, 4.69) is 4.98 Å². The van der Waals surface area contributed by atoms with Gasteiger partial charge in [-0.2, -0.15) is 0 Å². The van der Waals surface area contributed by atoms with Crippen molar-refractivity contribution in [3.63, 3.8) is 0 Å². The van der Waals surface area contributed by atoms with Crippen molar-refractivity contribution in [1.82, 2.24) is 4.98 Å². The molecule has 0 spiro atoms. The van der Waals surface area contributed by atoms with Gasteiger partial charge in [-0.25, -0.2) is 14.2 Å². The summed E-state index contributed by atoms with van der Waals surface area (Å²) in [6.45, 7) is 4.69. The molecular weight excluding hydrogens is 235 g/mol. The van der Waals surface area contributed by atoms with Crippen LogP contribution >= 0.6 is 0 Å². The third-order valence-electron chi connectivity index (χ3n) is 3.01. The number of anilines is 1. The summed E-state index contributed by atoms with van der Waals surface area (Å²) >= 11 is 0. The van der Waals surface area contributed by atoms with E-state index < -0.39 is 5.67 Å². The molecule has 1 aliphatic rings. The zero-order chi connectivity index (χ0) is 13.2. The van der Waals surface area contributed by atoms with Gasteiger partial charge in [-0.3, -0.25) is 0 Å². The largest absolute Gasteiger partial charge is 0.462 e. The van der Waals surface area contributed by atoms with Gasteiger partial charge in [-0.05, 0) is 26.0 Å². The fourth-order valence-electron chi connectivity index (χ4n) is 2.03. The van der Waals surface area contributed by atoms with Crippen molar-refractivity contribution in [2.24, 2.45) is 0 Å². The van der Waals surface area contributed by atoms with Gasteiger partial charge < -0.3 is 9.64 Å². The van der Waals surface area contributed by atoms with Gasteiger partial charge in [0.2, 0.25) is 0 Å². The minimum absolute atomic E-state index is 0.340. The molecule has 1 aromatic rings. The summed E-state index contributed by atoms with van der Waals surface area (Å²) in [7, 11) is 0. The Bertz CT molecular complexity index is 431. The first-order chi connectivity index (χ1) is 8.52. The first kappa shape index (κ1) is 12.8. The lowest BCUT2D eigenvalue weighted by Crippen LogP contribution is -2.26. The zero-order valence-corrected chi connectivity index (χ0v) is 10.6. The SMILES string of the molecule is CCOC(=O)c1ccc(N2CCC(C)(F)C2)nc1. The molecule has 2 rings (SSSR count). The van der Waals surface area contributed by atoms with Crippen molar-refractivity contribution in [3.05, 3.63) is 23.9 Å². The van der Waals surface area contributed by atoms with E-state index in [1.165, 1.54) is 6.20 Å². The Balaban J connectivity index is 2.06. The van der Waals surface area contributed by atoms with Gasteiger partial charge in [0.05, 0.1) is 18.7 Å². The number of halogens is 1. The second-order valence-corrected chi connectivity index (χ2v) is 4.71. The van der Waals surface area contributed by atoms with E-state index in [0.717, 1.165) is 0 Å². The molecule has 4 nitrogen and oxygen atoms in total. The number of aromatic nitrogens is 1. The van der Waals surface area contributed by atoms with Crippen molar-refractivity contribution < 1.29 is 13.9 Å². The number of hydrogen-bond acceptors (Lipinski definition) is 4. The Morgan fingerprint density at radius 3 is 2.89 bits per heavy atom. The van der Waals surface area contributed by atoms with Crippen LogP contribution in [-0.4, -0.2) is 36.3 Å². The van der Waals surface area contributed by atoms with E-state index in [4.69, 9.17) is 4.74 Å². The van der Waals surface area contributed by atoms with Gasteiger partial charge in [0.1, 0.15) is 11.5 Å². The topological polar surface area (TPSA) is 42.4 Å². The summed E-state index contributed by atoms with van der Waals surface area (Å²) in [6, 6.07) is 3.39. The van der Waals surface area contributed by atoms with Gasteiger partial charge in [0.15, 0.2) is 0 Å². The predicted molar refractivity (Wildman–Crippen MR) is 66.5 cm³/mol. The Labute approximate surface area is 106 Å². The zero-order valence-electron chi connectivity index (χ0n) is 10.6. The third kappa shape index (κ3) is 2.78. The summed E-state index contributed by atoms with van der Waals surface area (Å²) in [6.07, 6.45) is 1.98. The van der Waals surface area contributed by atoms with Gasteiger partial charge in [0.25, 0.3) is 0 Å². The minimum atomic E-state index is -1.15. The number of ether oxygens (including phenoxy) is 1. The molecule has 0 amide bonds. The Morgan fingerprint density at radius 1 is 1.61 bits per heavy atom. The molecule has 1 atom stereocenters. The molecule has 0 bridgehead atoms. The highest BCUT2D eigenvalue weighted by atomic mass is 19.1. The van der Waals surface area contributed by atoms with Crippen LogP contribution in [0.5, 0.6) is 0 Å². The maximum absolute atomic E-state index is 13.7. The van der Waals surface area contributed by atoms with E-state index in [0.29, 0.717) is 37.5 Å². The van der Waals surface area contributed by atoms with Crippen LogP contribution in [0, 0.1) is 0 Å². The van der Waals surface area contributed by atoms with Crippen molar-refractivity contribution >= 4 is 11.8 Å². The van der Waals surface area contributed by atoms with Gasteiger partial charge >= 0.3 is 5.97 Å². The average Bonchev–Trinajstić information content (AvgIpc) is 2.70. The molecule has 0 aliphatic carbocycles. The Hall–Kier alpha value is -1.65. The molecule has 1 aliphatic heterocycles. The predicted octanol–water partition coefficient (Wildman–Crippen LogP) is 2.20. The smallest absolute Gasteiger partial charge is 0.339 e. The molecule has 1 unspecified atom stereocenters. The maximum Gasteiger partial charge on any atom is 0.339 e. The van der Waals surface area contributed by atoms with Crippen LogP contribution in [0.3, 0.4) is 0 Å². The number of carbonyl (C=O) groups excluding carboxylic acids is 1. The Kier molecular flexibility index (Phi) is 3.50. The van der Waals surface area contributed by atoms with Crippen molar-refractivity contribution in [3.8, 4) is 0 Å². The van der Waals surface area contributed by atoms with Gasteiger partial charge in [-0.15, -0.1) is 0 Å². The van der Waals surface area contributed by atoms with E-state index in [1.54, 1.807) is 26.0 Å². The quantitative estimate of drug-likeness (QED) is 0.773. The second kappa shape index (κ2) is 4.92. The number of hydrogen-bond donors (Lipinski definition) is 0. The van der Waals surface area contributed by atoms with Crippen molar-refractivity contribution in [2.75, 3.05) is 24.6 Å². The summed E-state index contributed by atoms with van der Waals surface area (Å²) in [5, 5.41) is 0. The minimum Gasteiger partial charge on any atom is -0.462 e. The summed E-state index contributed by atoms with van der Waals surface area (Å²) in [5.74, 6) is 0.317. The molecule has 2 heterocycles. The second-order valence-electron chi connectivity index (χ2n) is 4.71.